The van der Waals surface area contributed by atoms with Gasteiger partial charge in [-0.05, 0) is 62.2 Å². The molecule has 30 heavy (non-hydrogen) atoms. The zero-order valence-electron chi connectivity index (χ0n) is 16.9. The second kappa shape index (κ2) is 8.94. The molecule has 1 aliphatic rings. The summed E-state index contributed by atoms with van der Waals surface area (Å²) >= 11 is 0. The van der Waals surface area contributed by atoms with E-state index in [0.29, 0.717) is 24.5 Å². The molecule has 2 aromatic carbocycles. The molecule has 4 amide bonds. The lowest BCUT2D eigenvalue weighted by Crippen LogP contribution is -2.40. The Morgan fingerprint density at radius 1 is 1.07 bits per heavy atom. The molecule has 8 heteroatoms. The van der Waals surface area contributed by atoms with E-state index in [1.54, 1.807) is 38.1 Å². The number of imide groups is 1. The third kappa shape index (κ3) is 5.34. The summed E-state index contributed by atoms with van der Waals surface area (Å²) in [6, 6.07) is 12.5. The fraction of sp³-hybridized carbons (Fsp3) is 0.318. The summed E-state index contributed by atoms with van der Waals surface area (Å²) in [6.45, 7) is 3.86. The number of benzene rings is 2. The Balaban J connectivity index is 1.40. The molecule has 2 N–H and O–H groups in total. The molecule has 0 aliphatic carbocycles. The lowest BCUT2D eigenvalue weighted by molar-refractivity contribution is -0.130. The van der Waals surface area contributed by atoms with Crippen LogP contribution in [0.4, 0.5) is 9.18 Å². The summed E-state index contributed by atoms with van der Waals surface area (Å²) in [6.07, 6.45) is 0.606. The monoisotopic (exact) mass is 413 g/mol. The molecule has 1 aliphatic heterocycles. The largest absolute Gasteiger partial charge is 0.457 e. The van der Waals surface area contributed by atoms with Gasteiger partial charge in [0, 0.05) is 19.5 Å². The molecule has 7 nitrogen and oxygen atoms in total. The predicted molar refractivity (Wildman–Crippen MR) is 108 cm³/mol. The van der Waals surface area contributed by atoms with Crippen molar-refractivity contribution in [2.75, 3.05) is 6.54 Å². The molecule has 0 atom stereocenters. The summed E-state index contributed by atoms with van der Waals surface area (Å²) in [5.41, 5.74) is -0.00278. The zero-order valence-corrected chi connectivity index (χ0v) is 16.9. The van der Waals surface area contributed by atoms with Gasteiger partial charge in [0.25, 0.3) is 5.91 Å². The number of carbonyl (C=O) groups excluding carboxylic acids is 3. The average molecular weight is 413 g/mol. The second-order valence-corrected chi connectivity index (χ2v) is 7.59. The number of amides is 4. The Hall–Kier alpha value is -3.42. The molecule has 3 rings (SSSR count). The van der Waals surface area contributed by atoms with Crippen LogP contribution in [0.5, 0.6) is 11.5 Å². The van der Waals surface area contributed by atoms with Gasteiger partial charge in [0.15, 0.2) is 0 Å². The van der Waals surface area contributed by atoms with Gasteiger partial charge in [0.2, 0.25) is 5.91 Å². The molecular formula is C22H24FN3O4. The molecule has 158 valence electrons. The van der Waals surface area contributed by atoms with Crippen molar-refractivity contribution in [3.05, 3.63) is 59.9 Å². The highest BCUT2D eigenvalue weighted by atomic mass is 19.1. The van der Waals surface area contributed by atoms with Crippen LogP contribution in [0.15, 0.2) is 48.5 Å². The maximum absolute atomic E-state index is 12.9. The van der Waals surface area contributed by atoms with Gasteiger partial charge in [-0.1, -0.05) is 12.1 Å². The smallest absolute Gasteiger partial charge is 0.325 e. The molecule has 0 bridgehead atoms. The first-order chi connectivity index (χ1) is 14.2. The lowest BCUT2D eigenvalue weighted by atomic mass is 10.1. The SMILES string of the molecule is CC1(C)NC(=O)N(CCCC(=O)NCc2ccc(Oc3ccc(F)cc3)cc2)C1=O. The van der Waals surface area contributed by atoms with Crippen LogP contribution in [0.2, 0.25) is 0 Å². The van der Waals surface area contributed by atoms with E-state index in [4.69, 9.17) is 4.74 Å². The number of rotatable bonds is 8. The van der Waals surface area contributed by atoms with Crippen LogP contribution in [-0.4, -0.2) is 34.8 Å². The van der Waals surface area contributed by atoms with Crippen molar-refractivity contribution in [1.29, 1.82) is 0 Å². The van der Waals surface area contributed by atoms with E-state index in [2.05, 4.69) is 10.6 Å². The Morgan fingerprint density at radius 2 is 1.67 bits per heavy atom. The van der Waals surface area contributed by atoms with Gasteiger partial charge in [-0.15, -0.1) is 0 Å². The van der Waals surface area contributed by atoms with Crippen LogP contribution in [0.1, 0.15) is 32.3 Å². The standard InChI is InChI=1S/C22H24FN3O4/c1-22(2)20(28)26(21(29)25-22)13-3-4-19(27)24-14-15-5-9-17(10-6-15)30-18-11-7-16(23)8-12-18/h5-12H,3-4,13-14H2,1-2H3,(H,24,27)(H,25,29). The first-order valence-corrected chi connectivity index (χ1v) is 9.68. The number of hydrogen-bond donors (Lipinski definition) is 2. The van der Waals surface area contributed by atoms with Crippen molar-refractivity contribution in [1.82, 2.24) is 15.5 Å². The summed E-state index contributed by atoms with van der Waals surface area (Å²) in [5, 5.41) is 5.42. The molecule has 1 heterocycles. The predicted octanol–water partition coefficient (Wildman–Crippen LogP) is 3.34. The highest BCUT2D eigenvalue weighted by molar-refractivity contribution is 6.06. The lowest BCUT2D eigenvalue weighted by Gasteiger charge is -2.15. The number of nitrogens with one attached hydrogen (secondary N) is 2. The van der Waals surface area contributed by atoms with Gasteiger partial charge in [0.1, 0.15) is 22.9 Å². The fourth-order valence-corrected chi connectivity index (χ4v) is 3.02. The van der Waals surface area contributed by atoms with Gasteiger partial charge in [-0.25, -0.2) is 9.18 Å². The van der Waals surface area contributed by atoms with Crippen molar-refractivity contribution in [3.8, 4) is 11.5 Å². The number of hydrogen-bond acceptors (Lipinski definition) is 4. The Kier molecular flexibility index (Phi) is 6.34. The van der Waals surface area contributed by atoms with E-state index in [1.165, 1.54) is 12.1 Å². The average Bonchev–Trinajstić information content (AvgIpc) is 2.90. The van der Waals surface area contributed by atoms with Crippen molar-refractivity contribution in [3.63, 3.8) is 0 Å². The molecule has 0 aromatic heterocycles. The van der Waals surface area contributed by atoms with E-state index in [-0.39, 0.29) is 30.6 Å². The summed E-state index contributed by atoms with van der Waals surface area (Å²) in [5.74, 6) is 0.371. The topological polar surface area (TPSA) is 87.7 Å². The highest BCUT2D eigenvalue weighted by Gasteiger charge is 2.43. The Bertz CT molecular complexity index is 926. The maximum Gasteiger partial charge on any atom is 0.325 e. The fourth-order valence-electron chi connectivity index (χ4n) is 3.02. The minimum absolute atomic E-state index is 0.159. The van der Waals surface area contributed by atoms with Gasteiger partial charge >= 0.3 is 6.03 Å². The zero-order chi connectivity index (χ0) is 21.7. The first kappa shape index (κ1) is 21.3. The van der Waals surface area contributed by atoms with Gasteiger partial charge < -0.3 is 15.4 Å². The number of urea groups is 1. The molecular weight excluding hydrogens is 389 g/mol. The van der Waals surface area contributed by atoms with Crippen molar-refractivity contribution in [2.24, 2.45) is 0 Å². The molecule has 1 fully saturated rings. The Labute approximate surface area is 174 Å². The molecule has 0 unspecified atom stereocenters. The minimum Gasteiger partial charge on any atom is -0.457 e. The van der Waals surface area contributed by atoms with Gasteiger partial charge in [-0.2, -0.15) is 0 Å². The Morgan fingerprint density at radius 3 is 2.23 bits per heavy atom. The van der Waals surface area contributed by atoms with Crippen LogP contribution in [0.25, 0.3) is 0 Å². The molecule has 0 spiro atoms. The van der Waals surface area contributed by atoms with Crippen LogP contribution in [-0.2, 0) is 16.1 Å². The van der Waals surface area contributed by atoms with Crippen molar-refractivity contribution in [2.45, 2.75) is 38.8 Å². The summed E-state index contributed by atoms with van der Waals surface area (Å²) < 4.78 is 18.6. The van der Waals surface area contributed by atoms with E-state index in [0.717, 1.165) is 10.5 Å². The van der Waals surface area contributed by atoms with Crippen LogP contribution in [0.3, 0.4) is 0 Å². The van der Waals surface area contributed by atoms with Crippen LogP contribution in [0, 0.1) is 5.82 Å². The van der Waals surface area contributed by atoms with E-state index < -0.39 is 11.6 Å². The quantitative estimate of drug-likeness (QED) is 0.650. The number of ether oxygens (including phenoxy) is 1. The molecule has 0 saturated carbocycles. The van der Waals surface area contributed by atoms with Crippen LogP contribution < -0.4 is 15.4 Å². The summed E-state index contributed by atoms with van der Waals surface area (Å²) in [4.78, 5) is 37.1. The van der Waals surface area contributed by atoms with E-state index in [1.807, 2.05) is 12.1 Å². The molecule has 2 aromatic rings. The third-order valence-corrected chi connectivity index (χ3v) is 4.69. The van der Waals surface area contributed by atoms with Crippen molar-refractivity contribution < 1.29 is 23.5 Å². The highest BCUT2D eigenvalue weighted by Crippen LogP contribution is 2.22. The van der Waals surface area contributed by atoms with E-state index in [9.17, 15) is 18.8 Å². The number of halogens is 1. The molecule has 0 radical (unpaired) electrons. The third-order valence-electron chi connectivity index (χ3n) is 4.69. The van der Waals surface area contributed by atoms with Crippen molar-refractivity contribution >= 4 is 17.8 Å². The summed E-state index contributed by atoms with van der Waals surface area (Å²) in [7, 11) is 0. The van der Waals surface area contributed by atoms with E-state index >= 15 is 0 Å². The van der Waals surface area contributed by atoms with Crippen LogP contribution >= 0.6 is 0 Å². The number of nitrogens with zero attached hydrogens (tertiary/aromatic N) is 1. The number of carbonyl (C=O) groups is 3. The normalized spacial score (nSPS) is 15.1. The van der Waals surface area contributed by atoms with Gasteiger partial charge in [0.05, 0.1) is 0 Å². The molecule has 1 saturated heterocycles. The second-order valence-electron chi connectivity index (χ2n) is 7.59. The maximum atomic E-state index is 12.9. The minimum atomic E-state index is -0.897. The first-order valence-electron chi connectivity index (χ1n) is 9.68. The van der Waals surface area contributed by atoms with Gasteiger partial charge in [-0.3, -0.25) is 14.5 Å².